The van der Waals surface area contributed by atoms with Gasteiger partial charge in [-0.1, -0.05) is 12.1 Å². The Morgan fingerprint density at radius 1 is 1.04 bits per heavy atom. The number of carbonyl (C=O) groups excluding carboxylic acids is 1. The molecule has 1 saturated heterocycles. The Morgan fingerprint density at radius 2 is 1.61 bits per heavy atom. The standard InChI is InChI=1S/C21H22F4N2O/c1-15(28)27(19-8-6-18(22)7-9-19)20-10-12-26(13-11-20)14-16-2-4-17(5-3-16)21(23,24)25/h2-9,20H,10-14H2,1H3. The van der Waals surface area contributed by atoms with Gasteiger partial charge < -0.3 is 4.90 Å². The molecule has 1 fully saturated rings. The molecule has 1 heterocycles. The normalized spacial score (nSPS) is 16.2. The van der Waals surface area contributed by atoms with Gasteiger partial charge in [0.25, 0.3) is 0 Å². The number of amides is 1. The van der Waals surface area contributed by atoms with Crippen LogP contribution in [0, 0.1) is 5.82 Å². The number of nitrogens with zero attached hydrogens (tertiary/aromatic N) is 2. The van der Waals surface area contributed by atoms with E-state index >= 15 is 0 Å². The third-order valence-electron chi connectivity index (χ3n) is 5.05. The summed E-state index contributed by atoms with van der Waals surface area (Å²) in [7, 11) is 0. The molecule has 28 heavy (non-hydrogen) atoms. The first kappa shape index (κ1) is 20.3. The van der Waals surface area contributed by atoms with Crippen LogP contribution in [-0.2, 0) is 17.5 Å². The number of likely N-dealkylation sites (tertiary alicyclic amines) is 1. The smallest absolute Gasteiger partial charge is 0.310 e. The number of halogens is 4. The molecule has 3 nitrogen and oxygen atoms in total. The largest absolute Gasteiger partial charge is 0.416 e. The van der Waals surface area contributed by atoms with E-state index in [0.717, 1.165) is 43.6 Å². The van der Waals surface area contributed by atoms with E-state index in [9.17, 15) is 22.4 Å². The molecular weight excluding hydrogens is 372 g/mol. The zero-order valence-corrected chi connectivity index (χ0v) is 15.5. The fraction of sp³-hybridized carbons (Fsp3) is 0.381. The summed E-state index contributed by atoms with van der Waals surface area (Å²) in [6, 6.07) is 11.1. The summed E-state index contributed by atoms with van der Waals surface area (Å²) in [5.74, 6) is -0.439. The van der Waals surface area contributed by atoms with Gasteiger partial charge in [-0.3, -0.25) is 9.69 Å². The van der Waals surface area contributed by atoms with E-state index in [2.05, 4.69) is 4.90 Å². The number of rotatable bonds is 4. The van der Waals surface area contributed by atoms with Gasteiger partial charge in [-0.2, -0.15) is 13.2 Å². The molecule has 1 aliphatic rings. The molecule has 0 aliphatic carbocycles. The second-order valence-corrected chi connectivity index (χ2v) is 7.07. The van der Waals surface area contributed by atoms with Crippen molar-refractivity contribution in [1.82, 2.24) is 4.90 Å². The summed E-state index contributed by atoms with van der Waals surface area (Å²) in [5.41, 5.74) is 0.856. The molecule has 0 bridgehead atoms. The maximum absolute atomic E-state index is 13.2. The lowest BCUT2D eigenvalue weighted by Gasteiger charge is -2.38. The molecule has 0 aromatic heterocycles. The number of alkyl halides is 3. The summed E-state index contributed by atoms with van der Waals surface area (Å²) in [4.78, 5) is 16.0. The number of piperidine rings is 1. The van der Waals surface area contributed by atoms with E-state index in [1.807, 2.05) is 0 Å². The first-order chi connectivity index (χ1) is 13.2. The Labute approximate surface area is 161 Å². The molecular formula is C21H22F4N2O. The molecule has 0 spiro atoms. The van der Waals surface area contributed by atoms with E-state index < -0.39 is 11.7 Å². The van der Waals surface area contributed by atoms with Gasteiger partial charge >= 0.3 is 6.18 Å². The van der Waals surface area contributed by atoms with E-state index in [1.165, 1.54) is 31.2 Å². The fourth-order valence-electron chi connectivity index (χ4n) is 3.64. The summed E-state index contributed by atoms with van der Waals surface area (Å²) < 4.78 is 51.2. The number of hydrogen-bond donors (Lipinski definition) is 0. The third kappa shape index (κ3) is 4.90. The monoisotopic (exact) mass is 394 g/mol. The number of benzene rings is 2. The molecule has 1 amide bonds. The minimum absolute atomic E-state index is 0.0202. The minimum atomic E-state index is -4.33. The quantitative estimate of drug-likeness (QED) is 0.692. The zero-order valence-electron chi connectivity index (χ0n) is 15.5. The van der Waals surface area contributed by atoms with Crippen molar-refractivity contribution in [2.45, 2.75) is 38.5 Å². The summed E-state index contributed by atoms with van der Waals surface area (Å²) in [6.07, 6.45) is -2.83. The highest BCUT2D eigenvalue weighted by molar-refractivity contribution is 5.92. The first-order valence-electron chi connectivity index (χ1n) is 9.18. The average Bonchev–Trinajstić information content (AvgIpc) is 2.64. The highest BCUT2D eigenvalue weighted by atomic mass is 19.4. The summed E-state index contributed by atoms with van der Waals surface area (Å²) in [6.45, 7) is 3.53. The van der Waals surface area contributed by atoms with Crippen molar-refractivity contribution < 1.29 is 22.4 Å². The lowest BCUT2D eigenvalue weighted by Crippen LogP contribution is -2.46. The van der Waals surface area contributed by atoms with Crippen LogP contribution < -0.4 is 4.90 Å². The van der Waals surface area contributed by atoms with Crippen molar-refractivity contribution in [2.24, 2.45) is 0 Å². The molecule has 1 aliphatic heterocycles. The summed E-state index contributed by atoms with van der Waals surface area (Å²) >= 11 is 0. The highest BCUT2D eigenvalue weighted by Crippen LogP contribution is 2.30. The molecule has 7 heteroatoms. The van der Waals surface area contributed by atoms with E-state index in [-0.39, 0.29) is 17.8 Å². The molecule has 0 saturated carbocycles. The maximum Gasteiger partial charge on any atom is 0.416 e. The van der Waals surface area contributed by atoms with Crippen molar-refractivity contribution in [3.63, 3.8) is 0 Å². The van der Waals surface area contributed by atoms with Crippen LogP contribution in [0.3, 0.4) is 0 Å². The average molecular weight is 394 g/mol. The van der Waals surface area contributed by atoms with Crippen molar-refractivity contribution in [2.75, 3.05) is 18.0 Å². The van der Waals surface area contributed by atoms with Crippen LogP contribution in [0.4, 0.5) is 23.2 Å². The molecule has 0 unspecified atom stereocenters. The van der Waals surface area contributed by atoms with Crippen LogP contribution in [0.2, 0.25) is 0 Å². The lowest BCUT2D eigenvalue weighted by atomic mass is 10.0. The van der Waals surface area contributed by atoms with Crippen molar-refractivity contribution in [3.05, 3.63) is 65.5 Å². The van der Waals surface area contributed by atoms with Gasteiger partial charge in [0.05, 0.1) is 5.56 Å². The van der Waals surface area contributed by atoms with Gasteiger partial charge in [-0.15, -0.1) is 0 Å². The highest BCUT2D eigenvalue weighted by Gasteiger charge is 2.30. The molecule has 2 aromatic rings. The van der Waals surface area contributed by atoms with Crippen LogP contribution in [0.1, 0.15) is 30.9 Å². The van der Waals surface area contributed by atoms with Crippen molar-refractivity contribution in [1.29, 1.82) is 0 Å². The van der Waals surface area contributed by atoms with Gasteiger partial charge in [0.15, 0.2) is 0 Å². The SMILES string of the molecule is CC(=O)N(c1ccc(F)cc1)C1CCN(Cc2ccc(C(F)(F)F)cc2)CC1. The lowest BCUT2D eigenvalue weighted by molar-refractivity contribution is -0.137. The van der Waals surface area contributed by atoms with Gasteiger partial charge in [-0.25, -0.2) is 4.39 Å². The Hall–Kier alpha value is -2.41. The second kappa shape index (κ2) is 8.31. The topological polar surface area (TPSA) is 23.6 Å². The Morgan fingerprint density at radius 3 is 2.11 bits per heavy atom. The molecule has 150 valence electrons. The molecule has 0 atom stereocenters. The fourth-order valence-corrected chi connectivity index (χ4v) is 3.64. The van der Waals surface area contributed by atoms with E-state index in [1.54, 1.807) is 17.0 Å². The minimum Gasteiger partial charge on any atom is -0.310 e. The molecule has 0 radical (unpaired) electrons. The molecule has 3 rings (SSSR count). The number of hydrogen-bond acceptors (Lipinski definition) is 2. The van der Waals surface area contributed by atoms with Crippen molar-refractivity contribution >= 4 is 11.6 Å². The molecule has 2 aromatic carbocycles. The maximum atomic E-state index is 13.2. The Bertz CT molecular complexity index is 795. The predicted molar refractivity (Wildman–Crippen MR) is 99.3 cm³/mol. The Balaban J connectivity index is 1.60. The zero-order chi connectivity index (χ0) is 20.3. The number of carbonyl (C=O) groups is 1. The third-order valence-corrected chi connectivity index (χ3v) is 5.05. The predicted octanol–water partition coefficient (Wildman–Crippen LogP) is 4.86. The number of anilines is 1. The van der Waals surface area contributed by atoms with Crippen LogP contribution in [0.5, 0.6) is 0 Å². The summed E-state index contributed by atoms with van der Waals surface area (Å²) in [5, 5.41) is 0. The van der Waals surface area contributed by atoms with Gasteiger partial charge in [0.1, 0.15) is 5.82 Å². The van der Waals surface area contributed by atoms with Crippen LogP contribution >= 0.6 is 0 Å². The van der Waals surface area contributed by atoms with Crippen LogP contribution in [0.15, 0.2) is 48.5 Å². The molecule has 0 N–H and O–H groups in total. The van der Waals surface area contributed by atoms with E-state index in [4.69, 9.17) is 0 Å². The second-order valence-electron chi connectivity index (χ2n) is 7.07. The van der Waals surface area contributed by atoms with Gasteiger partial charge in [-0.05, 0) is 54.8 Å². The first-order valence-corrected chi connectivity index (χ1v) is 9.18. The van der Waals surface area contributed by atoms with Gasteiger partial charge in [0.2, 0.25) is 5.91 Å². The van der Waals surface area contributed by atoms with Crippen LogP contribution in [0.25, 0.3) is 0 Å². The van der Waals surface area contributed by atoms with Crippen molar-refractivity contribution in [3.8, 4) is 0 Å². The van der Waals surface area contributed by atoms with E-state index in [0.29, 0.717) is 12.2 Å². The van der Waals surface area contributed by atoms with Gasteiger partial charge in [0, 0.05) is 38.3 Å². The van der Waals surface area contributed by atoms with Crippen LogP contribution in [-0.4, -0.2) is 29.9 Å². The Kier molecular flexibility index (Phi) is 6.03.